The molecule has 0 spiro atoms. The Labute approximate surface area is 205 Å². The Bertz CT molecular complexity index is 1040. The molecule has 1 aliphatic carbocycles. The van der Waals surface area contributed by atoms with Gasteiger partial charge in [-0.05, 0) is 70.6 Å². The molecule has 8 heteroatoms. The summed E-state index contributed by atoms with van der Waals surface area (Å²) in [5.74, 6) is 6.12. The van der Waals surface area contributed by atoms with Crippen LogP contribution in [0.15, 0.2) is 30.6 Å². The van der Waals surface area contributed by atoms with Crippen LogP contribution >= 0.6 is 11.3 Å². The van der Waals surface area contributed by atoms with Crippen LogP contribution in [0.4, 0.5) is 5.69 Å². The van der Waals surface area contributed by atoms with Gasteiger partial charge in [-0.1, -0.05) is 18.8 Å². The fourth-order valence-electron chi connectivity index (χ4n) is 3.74. The number of amides is 1. The van der Waals surface area contributed by atoms with Gasteiger partial charge in [0.15, 0.2) is 0 Å². The van der Waals surface area contributed by atoms with Crippen molar-refractivity contribution in [2.24, 2.45) is 17.3 Å². The van der Waals surface area contributed by atoms with Crippen LogP contribution in [0.3, 0.4) is 0 Å². The third-order valence-corrected chi connectivity index (χ3v) is 6.60. The molecule has 2 aromatic heterocycles. The molecule has 34 heavy (non-hydrogen) atoms. The van der Waals surface area contributed by atoms with Crippen molar-refractivity contribution in [3.05, 3.63) is 40.3 Å². The van der Waals surface area contributed by atoms with Crippen molar-refractivity contribution in [1.29, 1.82) is 0 Å². The first-order valence-electron chi connectivity index (χ1n) is 11.6. The zero-order valence-electron chi connectivity index (χ0n) is 20.3. The number of nitrogens with zero attached hydrogens (tertiary/aromatic N) is 2. The Morgan fingerprint density at radius 1 is 1.29 bits per heavy atom. The van der Waals surface area contributed by atoms with Gasteiger partial charge in [0.25, 0.3) is 0 Å². The van der Waals surface area contributed by atoms with Crippen molar-refractivity contribution in [1.82, 2.24) is 10.4 Å². The number of nitrogens with one attached hydrogen (secondary N) is 1. The number of ether oxygens (including phenoxy) is 1. The number of rotatable bonds is 8. The second kappa shape index (κ2) is 11.5. The molecule has 0 bridgehead atoms. The van der Waals surface area contributed by atoms with Crippen LogP contribution in [0.1, 0.15) is 67.9 Å². The van der Waals surface area contributed by atoms with E-state index in [9.17, 15) is 14.7 Å². The van der Waals surface area contributed by atoms with Crippen molar-refractivity contribution in [2.75, 3.05) is 18.2 Å². The number of anilines is 1. The Kier molecular flexibility index (Phi) is 8.70. The van der Waals surface area contributed by atoms with Gasteiger partial charge in [0.1, 0.15) is 17.2 Å². The molecule has 0 atom stereocenters. The molecule has 2 heterocycles. The predicted molar refractivity (Wildman–Crippen MR) is 134 cm³/mol. The molecule has 0 aliphatic heterocycles. The monoisotopic (exact) mass is 483 g/mol. The van der Waals surface area contributed by atoms with E-state index in [-0.39, 0.29) is 22.1 Å². The normalized spacial score (nSPS) is 18.0. The Morgan fingerprint density at radius 3 is 2.65 bits per heavy atom. The van der Waals surface area contributed by atoms with Gasteiger partial charge >= 0.3 is 5.97 Å². The van der Waals surface area contributed by atoms with E-state index in [1.807, 2.05) is 20.8 Å². The molecule has 1 amide bonds. The molecular formula is C26H33N3O4S. The molecule has 7 nitrogen and oxygen atoms in total. The van der Waals surface area contributed by atoms with Gasteiger partial charge < -0.3 is 9.84 Å². The molecule has 0 saturated heterocycles. The Balaban J connectivity index is 1.84. The van der Waals surface area contributed by atoms with E-state index >= 15 is 0 Å². The van der Waals surface area contributed by atoms with E-state index in [1.165, 1.54) is 5.01 Å². The summed E-state index contributed by atoms with van der Waals surface area (Å²) < 4.78 is 5.69. The first-order chi connectivity index (χ1) is 16.1. The van der Waals surface area contributed by atoms with E-state index in [1.54, 1.807) is 30.6 Å². The smallest absolute Gasteiger partial charge is 0.348 e. The van der Waals surface area contributed by atoms with Crippen molar-refractivity contribution in [2.45, 2.75) is 53.4 Å². The van der Waals surface area contributed by atoms with Crippen LogP contribution in [0.5, 0.6) is 5.75 Å². The Morgan fingerprint density at radius 2 is 2.03 bits per heavy atom. The number of carboxylic acid groups (broad SMARTS) is 1. The summed E-state index contributed by atoms with van der Waals surface area (Å²) in [6, 6.07) is 5.29. The number of aromatic nitrogens is 1. The summed E-state index contributed by atoms with van der Waals surface area (Å²) in [5, 5.41) is 11.3. The highest BCUT2D eigenvalue weighted by Crippen LogP contribution is 2.34. The van der Waals surface area contributed by atoms with Gasteiger partial charge in [-0.2, -0.15) is 0 Å². The number of carbonyl (C=O) groups is 2. The number of hydrogen-bond acceptors (Lipinski definition) is 6. The SMILES string of the molecule is CC1CCC(C(=O)N(NCCOc2cccnc2)c2cc(C#CC(C)(C)C)sc2C(=O)O)CC1. The maximum Gasteiger partial charge on any atom is 0.348 e. The standard InChI is InChI=1S/C26H33N3O4S/c1-18-7-9-19(10-8-18)24(30)29(28-14-15-33-20-6-5-13-27-17-20)22-16-21(11-12-26(2,3)4)34-23(22)25(31)32/h5-6,13,16-19,28H,7-10,14-15H2,1-4H3,(H,31,32). The minimum absolute atomic E-state index is 0.0939. The fraction of sp³-hybridized carbons (Fsp3) is 0.500. The number of thiophene rings is 1. The van der Waals surface area contributed by atoms with E-state index in [0.717, 1.165) is 37.0 Å². The zero-order chi connectivity index (χ0) is 24.7. The van der Waals surface area contributed by atoms with Crippen LogP contribution in [-0.4, -0.2) is 35.1 Å². The van der Waals surface area contributed by atoms with E-state index in [4.69, 9.17) is 4.74 Å². The summed E-state index contributed by atoms with van der Waals surface area (Å²) in [7, 11) is 0. The van der Waals surface area contributed by atoms with Gasteiger partial charge in [-0.15, -0.1) is 11.3 Å². The number of hydrogen-bond donors (Lipinski definition) is 2. The summed E-state index contributed by atoms with van der Waals surface area (Å²) in [5.41, 5.74) is 3.24. The van der Waals surface area contributed by atoms with Crippen LogP contribution in [0.2, 0.25) is 0 Å². The lowest BCUT2D eigenvalue weighted by Crippen LogP contribution is -2.48. The van der Waals surface area contributed by atoms with Crippen LogP contribution < -0.4 is 15.2 Å². The number of pyridine rings is 1. The minimum atomic E-state index is -1.08. The highest BCUT2D eigenvalue weighted by Gasteiger charge is 2.32. The molecular weight excluding hydrogens is 450 g/mol. The maximum atomic E-state index is 13.6. The van der Waals surface area contributed by atoms with Crippen LogP contribution in [0, 0.1) is 29.1 Å². The molecule has 2 aromatic rings. The highest BCUT2D eigenvalue weighted by atomic mass is 32.1. The van der Waals surface area contributed by atoms with E-state index in [2.05, 4.69) is 29.2 Å². The average molecular weight is 484 g/mol. The van der Waals surface area contributed by atoms with Gasteiger partial charge in [0, 0.05) is 24.1 Å². The molecule has 1 aliphatic rings. The topological polar surface area (TPSA) is 91.8 Å². The number of carbonyl (C=O) groups excluding carboxylic acids is 1. The van der Waals surface area contributed by atoms with Crippen LogP contribution in [-0.2, 0) is 4.79 Å². The average Bonchev–Trinajstić information content (AvgIpc) is 3.22. The molecule has 1 saturated carbocycles. The van der Waals surface area contributed by atoms with Crippen LogP contribution in [0.25, 0.3) is 0 Å². The minimum Gasteiger partial charge on any atom is -0.491 e. The van der Waals surface area contributed by atoms with Gasteiger partial charge in [0.2, 0.25) is 5.91 Å². The summed E-state index contributed by atoms with van der Waals surface area (Å²) in [6.07, 6.45) is 6.87. The zero-order valence-corrected chi connectivity index (χ0v) is 21.1. The summed E-state index contributed by atoms with van der Waals surface area (Å²) in [4.78, 5) is 30.4. The highest BCUT2D eigenvalue weighted by molar-refractivity contribution is 7.15. The second-order valence-electron chi connectivity index (χ2n) is 9.71. The molecule has 0 radical (unpaired) electrons. The maximum absolute atomic E-state index is 13.6. The molecule has 2 N–H and O–H groups in total. The second-order valence-corrected chi connectivity index (χ2v) is 10.8. The lowest BCUT2D eigenvalue weighted by molar-refractivity contribution is -0.124. The number of hydrazine groups is 1. The first kappa shape index (κ1) is 25.7. The van der Waals surface area contributed by atoms with Gasteiger partial charge in [-0.25, -0.2) is 15.2 Å². The third kappa shape index (κ3) is 7.31. The first-order valence-corrected chi connectivity index (χ1v) is 12.5. The van der Waals surface area contributed by atoms with Crippen molar-refractivity contribution in [3.8, 4) is 17.6 Å². The lowest BCUT2D eigenvalue weighted by Gasteiger charge is -2.31. The van der Waals surface area contributed by atoms with Gasteiger partial charge in [0.05, 0.1) is 16.8 Å². The predicted octanol–water partition coefficient (Wildman–Crippen LogP) is 4.98. The summed E-state index contributed by atoms with van der Waals surface area (Å²) in [6.45, 7) is 8.80. The fourth-order valence-corrected chi connectivity index (χ4v) is 4.58. The largest absolute Gasteiger partial charge is 0.491 e. The van der Waals surface area contributed by atoms with E-state index < -0.39 is 5.97 Å². The molecule has 0 unspecified atom stereocenters. The number of carboxylic acids is 1. The lowest BCUT2D eigenvalue weighted by atomic mass is 9.82. The molecule has 182 valence electrons. The molecule has 3 rings (SSSR count). The van der Waals surface area contributed by atoms with Crippen molar-refractivity contribution < 1.29 is 19.4 Å². The Hall–Kier alpha value is -2.89. The van der Waals surface area contributed by atoms with E-state index in [0.29, 0.717) is 35.4 Å². The molecule has 0 aromatic carbocycles. The van der Waals surface area contributed by atoms with Gasteiger partial charge in [-0.3, -0.25) is 9.78 Å². The van der Waals surface area contributed by atoms with Crippen molar-refractivity contribution in [3.63, 3.8) is 0 Å². The summed E-state index contributed by atoms with van der Waals surface area (Å²) >= 11 is 1.09. The number of aromatic carboxylic acids is 1. The van der Waals surface area contributed by atoms with Crippen molar-refractivity contribution >= 4 is 28.9 Å². The quantitative estimate of drug-likeness (QED) is 0.313. The molecule has 1 fully saturated rings. The third-order valence-electron chi connectivity index (χ3n) is 5.57.